The van der Waals surface area contributed by atoms with Gasteiger partial charge in [-0.15, -0.1) is 0 Å². The minimum Gasteiger partial charge on any atom is -1.00 e. The van der Waals surface area contributed by atoms with Crippen LogP contribution < -0.4 is 21.9 Å². The van der Waals surface area contributed by atoms with E-state index < -0.39 is 0 Å². The third-order valence-corrected chi connectivity index (χ3v) is 5.92. The average Bonchev–Trinajstić information content (AvgIpc) is 2.83. The van der Waals surface area contributed by atoms with Crippen LogP contribution in [0.2, 0.25) is 0 Å². The number of anilines is 1. The number of hydrogen-bond donors (Lipinski definition) is 0. The molecule has 1 aromatic heterocycles. The van der Waals surface area contributed by atoms with Gasteiger partial charge in [-0.2, -0.15) is 4.57 Å². The molecule has 142 valence electrons. The van der Waals surface area contributed by atoms with Crippen molar-refractivity contribution in [3.63, 3.8) is 0 Å². The molecule has 2 aliphatic rings. The van der Waals surface area contributed by atoms with Crippen LogP contribution in [0.5, 0.6) is 0 Å². The van der Waals surface area contributed by atoms with Crippen molar-refractivity contribution in [1.29, 1.82) is 0 Å². The van der Waals surface area contributed by atoms with Gasteiger partial charge in [0, 0.05) is 41.6 Å². The highest BCUT2D eigenvalue weighted by Gasteiger charge is 2.38. The van der Waals surface area contributed by atoms with Gasteiger partial charge in [0.2, 0.25) is 12.3 Å². The average molecular weight is 383 g/mol. The summed E-state index contributed by atoms with van der Waals surface area (Å²) in [5.74, 6) is 0.147. The number of pyridine rings is 1. The van der Waals surface area contributed by atoms with Crippen molar-refractivity contribution in [2.24, 2.45) is 0 Å². The van der Waals surface area contributed by atoms with Crippen LogP contribution in [0.1, 0.15) is 43.4 Å². The zero-order valence-corrected chi connectivity index (χ0v) is 17.1. The molecule has 27 heavy (non-hydrogen) atoms. The van der Waals surface area contributed by atoms with Gasteiger partial charge in [-0.3, -0.25) is 4.79 Å². The van der Waals surface area contributed by atoms with Gasteiger partial charge in [0.1, 0.15) is 0 Å². The Morgan fingerprint density at radius 2 is 1.85 bits per heavy atom. The van der Waals surface area contributed by atoms with Gasteiger partial charge in [0.15, 0.2) is 12.4 Å². The molecule has 4 heteroatoms. The Bertz CT molecular complexity index is 901. The predicted octanol–water partition coefficient (Wildman–Crippen LogP) is 0.738. The molecule has 1 aliphatic carbocycles. The predicted molar refractivity (Wildman–Crippen MR) is 104 cm³/mol. The van der Waals surface area contributed by atoms with Crippen LogP contribution in [0.25, 0.3) is 0 Å². The monoisotopic (exact) mass is 382 g/mol. The summed E-state index contributed by atoms with van der Waals surface area (Å²) < 4.78 is 2.04. The summed E-state index contributed by atoms with van der Waals surface area (Å²) in [7, 11) is 2.05. The first-order chi connectivity index (χ1) is 12.5. The standard InChI is InChI=1S/C23H27N2O.ClH/c1-23(2)20-10-6-7-11-21(20)24(3)22(23)14-19(26)16-25-13-12-17-8-4-5-9-18(17)15-25;/h6-7,10-15H,4-5,8-9,16H2,1-3H3;1H/q+1;/p-1/b22-14-;. The van der Waals surface area contributed by atoms with E-state index in [0.717, 1.165) is 12.1 Å². The highest BCUT2D eigenvalue weighted by Crippen LogP contribution is 2.46. The molecule has 0 radical (unpaired) electrons. The third kappa shape index (κ3) is 3.53. The van der Waals surface area contributed by atoms with E-state index in [2.05, 4.69) is 68.5 Å². The summed E-state index contributed by atoms with van der Waals surface area (Å²) in [4.78, 5) is 15.0. The lowest BCUT2D eigenvalue weighted by molar-refractivity contribution is -0.684. The van der Waals surface area contributed by atoms with Crippen LogP contribution >= 0.6 is 0 Å². The highest BCUT2D eigenvalue weighted by molar-refractivity contribution is 5.91. The van der Waals surface area contributed by atoms with Gasteiger partial charge in [-0.05, 0) is 42.9 Å². The van der Waals surface area contributed by atoms with Crippen molar-refractivity contribution >= 4 is 11.5 Å². The Morgan fingerprint density at radius 1 is 1.15 bits per heavy atom. The number of aryl methyl sites for hydroxylation is 2. The zero-order chi connectivity index (χ0) is 18.3. The first kappa shape index (κ1) is 19.6. The molecule has 0 N–H and O–H groups in total. The van der Waals surface area contributed by atoms with Crippen LogP contribution in [0.4, 0.5) is 5.69 Å². The number of carbonyl (C=O) groups is 1. The second-order valence-electron chi connectivity index (χ2n) is 8.07. The van der Waals surface area contributed by atoms with Crippen LogP contribution in [0.15, 0.2) is 54.5 Å². The Balaban J connectivity index is 0.00000210. The number of ketones is 1. The minimum absolute atomic E-state index is 0. The number of para-hydroxylation sites is 1. The number of nitrogens with zero attached hydrogens (tertiary/aromatic N) is 2. The Morgan fingerprint density at radius 3 is 2.59 bits per heavy atom. The summed E-state index contributed by atoms with van der Waals surface area (Å²) in [5.41, 5.74) is 6.25. The number of aromatic nitrogens is 1. The summed E-state index contributed by atoms with van der Waals surface area (Å²) in [6, 6.07) is 10.6. The number of halogens is 1. The van der Waals surface area contributed by atoms with Crippen molar-refractivity contribution in [2.45, 2.75) is 51.5 Å². The molecule has 0 saturated carbocycles. The molecule has 0 atom stereocenters. The van der Waals surface area contributed by atoms with E-state index in [1.807, 2.05) is 10.6 Å². The van der Waals surface area contributed by atoms with E-state index in [4.69, 9.17) is 0 Å². The van der Waals surface area contributed by atoms with E-state index in [1.165, 1.54) is 41.6 Å². The van der Waals surface area contributed by atoms with Crippen molar-refractivity contribution in [3.05, 3.63) is 71.2 Å². The number of carbonyl (C=O) groups excluding carboxylic acids is 1. The maximum absolute atomic E-state index is 12.8. The SMILES string of the molecule is CN1/C(=C\C(=O)C[n+]2ccc3c(c2)CCCC3)C(C)(C)c2ccccc21.[Cl-]. The minimum atomic E-state index is -0.151. The Kier molecular flexibility index (Phi) is 5.43. The lowest BCUT2D eigenvalue weighted by Crippen LogP contribution is -3.00. The molecule has 3 nitrogen and oxygen atoms in total. The van der Waals surface area contributed by atoms with Gasteiger partial charge in [-0.1, -0.05) is 32.0 Å². The molecule has 0 amide bonds. The lowest BCUT2D eigenvalue weighted by atomic mass is 9.83. The maximum atomic E-state index is 12.8. The number of rotatable bonds is 3. The van der Waals surface area contributed by atoms with Crippen LogP contribution in [0.3, 0.4) is 0 Å². The highest BCUT2D eigenvalue weighted by atomic mass is 35.5. The van der Waals surface area contributed by atoms with Crippen LogP contribution in [0, 0.1) is 0 Å². The van der Waals surface area contributed by atoms with Gasteiger partial charge < -0.3 is 17.3 Å². The normalized spacial score (nSPS) is 18.6. The zero-order valence-electron chi connectivity index (χ0n) is 16.3. The quantitative estimate of drug-likeness (QED) is 0.577. The van der Waals surface area contributed by atoms with Crippen LogP contribution in [-0.4, -0.2) is 12.8 Å². The van der Waals surface area contributed by atoms with Gasteiger partial charge >= 0.3 is 0 Å². The van der Waals surface area contributed by atoms with E-state index in [9.17, 15) is 4.79 Å². The second kappa shape index (κ2) is 7.47. The smallest absolute Gasteiger partial charge is 0.222 e. The largest absolute Gasteiger partial charge is 1.00 e. The molecule has 0 saturated heterocycles. The molecule has 0 bridgehead atoms. The van der Waals surface area contributed by atoms with Gasteiger partial charge in [0.05, 0.1) is 0 Å². The Labute approximate surface area is 168 Å². The summed E-state index contributed by atoms with van der Waals surface area (Å²) in [6.45, 7) is 4.79. The van der Waals surface area contributed by atoms with Gasteiger partial charge in [0.25, 0.3) is 0 Å². The van der Waals surface area contributed by atoms with Crippen molar-refractivity contribution in [3.8, 4) is 0 Å². The molecule has 1 aromatic carbocycles. The van der Waals surface area contributed by atoms with E-state index >= 15 is 0 Å². The van der Waals surface area contributed by atoms with Crippen molar-refractivity contribution < 1.29 is 21.8 Å². The fourth-order valence-corrected chi connectivity index (χ4v) is 4.45. The first-order valence-electron chi connectivity index (χ1n) is 9.56. The van der Waals surface area contributed by atoms with Crippen molar-refractivity contribution in [1.82, 2.24) is 0 Å². The number of likely N-dealkylation sites (N-methyl/N-ethyl adjacent to an activating group) is 1. The molecule has 0 spiro atoms. The summed E-state index contributed by atoms with van der Waals surface area (Å²) >= 11 is 0. The fourth-order valence-electron chi connectivity index (χ4n) is 4.45. The van der Waals surface area contributed by atoms with E-state index in [1.54, 1.807) is 0 Å². The molecule has 0 fully saturated rings. The number of fused-ring (bicyclic) bond motifs is 2. The van der Waals surface area contributed by atoms with Crippen LogP contribution in [-0.2, 0) is 29.6 Å². The topological polar surface area (TPSA) is 24.2 Å². The molecule has 1 aliphatic heterocycles. The maximum Gasteiger partial charge on any atom is 0.222 e. The molecule has 2 heterocycles. The number of benzene rings is 1. The first-order valence-corrected chi connectivity index (χ1v) is 9.56. The Hall–Kier alpha value is -2.13. The summed E-state index contributed by atoms with van der Waals surface area (Å²) in [6.07, 6.45) is 10.9. The second-order valence-corrected chi connectivity index (χ2v) is 8.07. The number of allylic oxidation sites excluding steroid dienone is 2. The third-order valence-electron chi connectivity index (χ3n) is 5.92. The number of hydrogen-bond acceptors (Lipinski definition) is 2. The lowest BCUT2D eigenvalue weighted by Gasteiger charge is -2.23. The van der Waals surface area contributed by atoms with Gasteiger partial charge in [-0.25, -0.2) is 0 Å². The molecule has 0 unspecified atom stereocenters. The molecule has 2 aromatic rings. The molecule has 4 rings (SSSR count). The molecular formula is C23H27ClN2O. The summed E-state index contributed by atoms with van der Waals surface area (Å²) in [5, 5.41) is 0. The fraction of sp³-hybridized carbons (Fsp3) is 0.391. The van der Waals surface area contributed by atoms with E-state index in [0.29, 0.717) is 6.54 Å². The van der Waals surface area contributed by atoms with E-state index in [-0.39, 0.29) is 23.6 Å². The van der Waals surface area contributed by atoms with Crippen molar-refractivity contribution in [2.75, 3.05) is 11.9 Å². The molecular weight excluding hydrogens is 356 g/mol.